The number of hydrogen-bond acceptors (Lipinski definition) is 0. The minimum absolute atomic E-state index is 1.21. The summed E-state index contributed by atoms with van der Waals surface area (Å²) in [5.41, 5.74) is 4.32. The van der Waals surface area contributed by atoms with E-state index < -0.39 is 0 Å². The molecule has 2 rings (SSSR count). The molecule has 0 fully saturated rings. The zero-order valence-corrected chi connectivity index (χ0v) is 9.39. The summed E-state index contributed by atoms with van der Waals surface area (Å²) in [6.45, 7) is 2.20. The van der Waals surface area contributed by atoms with Gasteiger partial charge in [-0.05, 0) is 48.9 Å². The molecule has 0 aromatic heterocycles. The van der Waals surface area contributed by atoms with Gasteiger partial charge in [-0.2, -0.15) is 0 Å². The van der Waals surface area contributed by atoms with Crippen molar-refractivity contribution in [3.05, 3.63) is 39.4 Å². The Hall–Kier alpha value is -0.560. The molecule has 1 aliphatic carbocycles. The van der Waals surface area contributed by atoms with E-state index in [1.807, 2.05) is 0 Å². The van der Waals surface area contributed by atoms with Crippen LogP contribution in [0.5, 0.6) is 0 Å². The van der Waals surface area contributed by atoms with E-state index in [9.17, 15) is 0 Å². The van der Waals surface area contributed by atoms with E-state index in [0.717, 1.165) is 0 Å². The molecule has 0 radical (unpaired) electrons. The van der Waals surface area contributed by atoms with E-state index in [2.05, 4.69) is 47.1 Å². The molecule has 1 aliphatic rings. The van der Waals surface area contributed by atoms with E-state index in [0.29, 0.717) is 0 Å². The van der Waals surface area contributed by atoms with Crippen LogP contribution in [0.3, 0.4) is 0 Å². The summed E-state index contributed by atoms with van der Waals surface area (Å²) in [5.74, 6) is 0. The van der Waals surface area contributed by atoms with Crippen LogP contribution in [-0.4, -0.2) is 0 Å². The van der Waals surface area contributed by atoms with E-state index >= 15 is 0 Å². The Labute approximate surface area is 87.8 Å². The smallest absolute Gasteiger partial charge is 0.0250 e. The van der Waals surface area contributed by atoms with E-state index in [1.54, 1.807) is 0 Å². The maximum atomic E-state index is 3.60. The van der Waals surface area contributed by atoms with Gasteiger partial charge in [0.25, 0.3) is 0 Å². The Morgan fingerprint density at radius 1 is 1.31 bits per heavy atom. The van der Waals surface area contributed by atoms with Crippen LogP contribution in [-0.2, 0) is 6.42 Å². The molecule has 1 aromatic rings. The summed E-state index contributed by atoms with van der Waals surface area (Å²) >= 11 is 3.60. The van der Waals surface area contributed by atoms with Crippen molar-refractivity contribution < 1.29 is 0 Å². The molecule has 1 aromatic carbocycles. The monoisotopic (exact) mass is 236 g/mol. The molecule has 0 heterocycles. The zero-order valence-electron chi connectivity index (χ0n) is 7.81. The van der Waals surface area contributed by atoms with Gasteiger partial charge >= 0.3 is 0 Å². The highest BCUT2D eigenvalue weighted by Crippen LogP contribution is 2.28. The highest BCUT2D eigenvalue weighted by molar-refractivity contribution is 9.10. The van der Waals surface area contributed by atoms with Crippen molar-refractivity contribution in [2.45, 2.75) is 26.2 Å². The first-order valence-electron chi connectivity index (χ1n) is 4.73. The third-order valence-electron chi connectivity index (χ3n) is 2.62. The maximum absolute atomic E-state index is 3.60. The maximum Gasteiger partial charge on any atom is 0.0250 e. The molecule has 0 atom stereocenters. The van der Waals surface area contributed by atoms with Gasteiger partial charge < -0.3 is 0 Å². The minimum Gasteiger partial charge on any atom is -0.0839 e. The molecular formula is C12H13Br. The second-order valence-corrected chi connectivity index (χ2v) is 4.41. The fraction of sp³-hybridized carbons (Fsp3) is 0.333. The Balaban J connectivity index is 2.61. The molecule has 0 spiro atoms. The predicted octanol–water partition coefficient (Wildman–Crippen LogP) is 4.11. The minimum atomic E-state index is 1.21. The fourth-order valence-electron chi connectivity index (χ4n) is 1.86. The van der Waals surface area contributed by atoms with Gasteiger partial charge in [0.15, 0.2) is 0 Å². The zero-order chi connectivity index (χ0) is 9.26. The largest absolute Gasteiger partial charge is 0.0839 e. The van der Waals surface area contributed by atoms with Gasteiger partial charge in [0.05, 0.1) is 0 Å². The number of benzene rings is 1. The average molecular weight is 237 g/mol. The van der Waals surface area contributed by atoms with Crippen LogP contribution in [0.25, 0.3) is 6.08 Å². The number of aryl methyl sites for hydroxylation is 1. The Morgan fingerprint density at radius 3 is 3.00 bits per heavy atom. The van der Waals surface area contributed by atoms with Gasteiger partial charge in [0, 0.05) is 4.47 Å². The highest BCUT2D eigenvalue weighted by atomic mass is 79.9. The summed E-state index contributed by atoms with van der Waals surface area (Å²) in [7, 11) is 0. The first-order valence-corrected chi connectivity index (χ1v) is 5.53. The molecule has 68 valence electrons. The molecule has 0 amide bonds. The topological polar surface area (TPSA) is 0 Å². The molecule has 0 nitrogen and oxygen atoms in total. The molecule has 0 saturated heterocycles. The molecule has 0 unspecified atom stereocenters. The average Bonchev–Trinajstić information content (AvgIpc) is 2.37. The van der Waals surface area contributed by atoms with Crippen LogP contribution in [0.15, 0.2) is 22.7 Å². The van der Waals surface area contributed by atoms with E-state index in [1.165, 1.54) is 40.4 Å². The standard InChI is InChI=1S/C12H13Br/c1-9-7-8-12(13)11-6-4-2-3-5-10(9)11/h4,6-8H,2-3,5H2,1H3. The van der Waals surface area contributed by atoms with Gasteiger partial charge in [0.1, 0.15) is 0 Å². The molecule has 0 aliphatic heterocycles. The summed E-state index contributed by atoms with van der Waals surface area (Å²) < 4.78 is 1.23. The van der Waals surface area contributed by atoms with Gasteiger partial charge in [-0.25, -0.2) is 0 Å². The summed E-state index contributed by atoms with van der Waals surface area (Å²) in [5, 5.41) is 0. The Kier molecular flexibility index (Phi) is 2.54. The highest BCUT2D eigenvalue weighted by Gasteiger charge is 2.08. The predicted molar refractivity (Wildman–Crippen MR) is 60.9 cm³/mol. The van der Waals surface area contributed by atoms with Crippen molar-refractivity contribution >= 4 is 22.0 Å². The molecule has 0 N–H and O–H groups in total. The third kappa shape index (κ3) is 1.71. The summed E-state index contributed by atoms with van der Waals surface area (Å²) in [6, 6.07) is 4.34. The van der Waals surface area contributed by atoms with Crippen LogP contribution >= 0.6 is 15.9 Å². The number of hydrogen-bond donors (Lipinski definition) is 0. The number of fused-ring (bicyclic) bond motifs is 1. The number of rotatable bonds is 0. The van der Waals surface area contributed by atoms with Crippen molar-refractivity contribution in [2.75, 3.05) is 0 Å². The van der Waals surface area contributed by atoms with Crippen molar-refractivity contribution in [3.8, 4) is 0 Å². The van der Waals surface area contributed by atoms with E-state index in [4.69, 9.17) is 0 Å². The lowest BCUT2D eigenvalue weighted by atomic mass is 9.99. The second kappa shape index (κ2) is 3.67. The lowest BCUT2D eigenvalue weighted by molar-refractivity contribution is 0.845. The quantitative estimate of drug-likeness (QED) is 0.637. The number of halogens is 1. The summed E-state index contributed by atoms with van der Waals surface area (Å²) in [4.78, 5) is 0. The molecule has 1 heteroatoms. The fourth-order valence-corrected chi connectivity index (χ4v) is 2.36. The van der Waals surface area contributed by atoms with Gasteiger partial charge in [-0.3, -0.25) is 0 Å². The number of allylic oxidation sites excluding steroid dienone is 1. The van der Waals surface area contributed by atoms with Crippen LogP contribution in [0.4, 0.5) is 0 Å². The molecule has 13 heavy (non-hydrogen) atoms. The van der Waals surface area contributed by atoms with Crippen molar-refractivity contribution in [1.82, 2.24) is 0 Å². The van der Waals surface area contributed by atoms with Crippen LogP contribution in [0, 0.1) is 6.92 Å². The van der Waals surface area contributed by atoms with Crippen LogP contribution < -0.4 is 0 Å². The molecule has 0 saturated carbocycles. The first kappa shape index (κ1) is 9.01. The van der Waals surface area contributed by atoms with Crippen LogP contribution in [0.1, 0.15) is 29.5 Å². The van der Waals surface area contributed by atoms with Crippen LogP contribution in [0.2, 0.25) is 0 Å². The van der Waals surface area contributed by atoms with Gasteiger partial charge in [-0.15, -0.1) is 0 Å². The Morgan fingerprint density at radius 2 is 2.15 bits per heavy atom. The third-order valence-corrected chi connectivity index (χ3v) is 3.31. The van der Waals surface area contributed by atoms with Gasteiger partial charge in [0.2, 0.25) is 0 Å². The second-order valence-electron chi connectivity index (χ2n) is 3.55. The van der Waals surface area contributed by atoms with Gasteiger partial charge in [-0.1, -0.05) is 34.1 Å². The normalized spacial score (nSPS) is 15.2. The summed E-state index contributed by atoms with van der Waals surface area (Å²) in [6.07, 6.45) is 8.23. The molecular weight excluding hydrogens is 224 g/mol. The van der Waals surface area contributed by atoms with Crippen molar-refractivity contribution in [2.24, 2.45) is 0 Å². The van der Waals surface area contributed by atoms with Crippen molar-refractivity contribution in [3.63, 3.8) is 0 Å². The van der Waals surface area contributed by atoms with E-state index in [-0.39, 0.29) is 0 Å². The lowest BCUT2D eigenvalue weighted by Crippen LogP contribution is -1.92. The SMILES string of the molecule is Cc1ccc(Br)c2c1CCCC=C2. The first-order chi connectivity index (χ1) is 6.29. The lowest BCUT2D eigenvalue weighted by Gasteiger charge is -2.09. The Bertz CT molecular complexity index is 350. The van der Waals surface area contributed by atoms with Crippen molar-refractivity contribution in [1.29, 1.82) is 0 Å². The molecule has 0 bridgehead atoms.